The summed E-state index contributed by atoms with van der Waals surface area (Å²) in [6.07, 6.45) is 4.12. The second kappa shape index (κ2) is 5.92. The molecule has 18 heavy (non-hydrogen) atoms. The maximum absolute atomic E-state index is 5.19. The van der Waals surface area contributed by atoms with E-state index < -0.39 is 0 Å². The van der Waals surface area contributed by atoms with Crippen LogP contribution in [0.15, 0.2) is 48.5 Å². The summed E-state index contributed by atoms with van der Waals surface area (Å²) in [5, 5.41) is 0. The fraction of sp³-hybridized carbons (Fsp3) is 0.125. The van der Waals surface area contributed by atoms with Crippen LogP contribution < -0.4 is 9.47 Å². The molecule has 0 aliphatic carbocycles. The van der Waals surface area contributed by atoms with E-state index in [-0.39, 0.29) is 0 Å². The zero-order valence-electron chi connectivity index (χ0n) is 10.6. The van der Waals surface area contributed by atoms with Gasteiger partial charge in [0.1, 0.15) is 11.5 Å². The molecule has 0 aliphatic rings. The summed E-state index contributed by atoms with van der Waals surface area (Å²) in [4.78, 5) is 0. The highest BCUT2D eigenvalue weighted by Gasteiger charge is 1.93. The van der Waals surface area contributed by atoms with Crippen LogP contribution in [0.5, 0.6) is 11.5 Å². The minimum Gasteiger partial charge on any atom is -0.497 e. The van der Waals surface area contributed by atoms with Crippen molar-refractivity contribution in [1.29, 1.82) is 0 Å². The molecule has 2 rings (SSSR count). The Labute approximate surface area is 107 Å². The number of methoxy groups -OCH3 is 2. The van der Waals surface area contributed by atoms with E-state index in [2.05, 4.69) is 12.2 Å². The second-order valence-electron chi connectivity index (χ2n) is 3.88. The lowest BCUT2D eigenvalue weighted by molar-refractivity contribution is 0.414. The maximum Gasteiger partial charge on any atom is 0.119 e. The molecule has 0 amide bonds. The minimum atomic E-state index is 0.867. The van der Waals surface area contributed by atoms with Crippen LogP contribution in [-0.2, 0) is 0 Å². The van der Waals surface area contributed by atoms with Crippen molar-refractivity contribution in [1.82, 2.24) is 0 Å². The number of benzene rings is 2. The van der Waals surface area contributed by atoms with Gasteiger partial charge in [-0.15, -0.1) is 0 Å². The van der Waals surface area contributed by atoms with Crippen molar-refractivity contribution in [3.63, 3.8) is 0 Å². The molecule has 0 aromatic heterocycles. The predicted octanol–water partition coefficient (Wildman–Crippen LogP) is 3.87. The Morgan fingerprint density at radius 3 is 2.06 bits per heavy atom. The smallest absolute Gasteiger partial charge is 0.119 e. The van der Waals surface area contributed by atoms with Crippen molar-refractivity contribution in [2.24, 2.45) is 0 Å². The van der Waals surface area contributed by atoms with Gasteiger partial charge in [0.05, 0.1) is 14.2 Å². The van der Waals surface area contributed by atoms with E-state index in [1.807, 2.05) is 48.5 Å². The van der Waals surface area contributed by atoms with E-state index in [1.165, 1.54) is 0 Å². The molecule has 0 saturated heterocycles. The molecule has 0 fully saturated rings. The lowest BCUT2D eigenvalue weighted by atomic mass is 10.1. The molecule has 92 valence electrons. The van der Waals surface area contributed by atoms with Crippen LogP contribution in [-0.4, -0.2) is 14.2 Å². The summed E-state index contributed by atoms with van der Waals surface area (Å²) < 4.78 is 10.3. The molecule has 0 heterocycles. The van der Waals surface area contributed by atoms with Crippen molar-refractivity contribution in [3.8, 4) is 11.5 Å². The molecule has 0 radical (unpaired) electrons. The topological polar surface area (TPSA) is 18.5 Å². The monoisotopic (exact) mass is 240 g/mol. The number of hydrogen-bond acceptors (Lipinski definition) is 2. The first-order valence-electron chi connectivity index (χ1n) is 5.78. The van der Waals surface area contributed by atoms with Gasteiger partial charge in [0.15, 0.2) is 0 Å². The van der Waals surface area contributed by atoms with E-state index in [1.54, 1.807) is 14.2 Å². The summed E-state index contributed by atoms with van der Waals surface area (Å²) in [6, 6.07) is 15.9. The van der Waals surface area contributed by atoms with Crippen molar-refractivity contribution in [2.75, 3.05) is 14.2 Å². The van der Waals surface area contributed by atoms with E-state index in [0.29, 0.717) is 0 Å². The summed E-state index contributed by atoms with van der Waals surface area (Å²) in [5.74, 6) is 1.74. The van der Waals surface area contributed by atoms with Gasteiger partial charge in [-0.2, -0.15) is 0 Å². The first kappa shape index (κ1) is 12.2. The van der Waals surface area contributed by atoms with Gasteiger partial charge >= 0.3 is 0 Å². The van der Waals surface area contributed by atoms with Gasteiger partial charge in [-0.3, -0.25) is 0 Å². The molecule has 0 atom stereocenters. The highest BCUT2D eigenvalue weighted by Crippen LogP contribution is 2.16. The Kier molecular flexibility index (Phi) is 4.02. The summed E-state index contributed by atoms with van der Waals surface area (Å²) in [6.45, 7) is 0. The third-order valence-electron chi connectivity index (χ3n) is 2.68. The van der Waals surface area contributed by atoms with Gasteiger partial charge < -0.3 is 9.47 Å². The highest BCUT2D eigenvalue weighted by atomic mass is 16.5. The van der Waals surface area contributed by atoms with Crippen molar-refractivity contribution < 1.29 is 9.47 Å². The molecular formula is C16H16O2. The van der Waals surface area contributed by atoms with Crippen LogP contribution in [0, 0.1) is 0 Å². The number of hydrogen-bond donors (Lipinski definition) is 0. The molecule has 0 bridgehead atoms. The number of ether oxygens (including phenoxy) is 2. The second-order valence-corrected chi connectivity index (χ2v) is 3.88. The first-order chi connectivity index (χ1) is 8.81. The summed E-state index contributed by atoms with van der Waals surface area (Å²) >= 11 is 0. The Morgan fingerprint density at radius 1 is 0.722 bits per heavy atom. The van der Waals surface area contributed by atoms with Crippen molar-refractivity contribution in [3.05, 3.63) is 59.7 Å². The van der Waals surface area contributed by atoms with Crippen LogP contribution in [0.1, 0.15) is 11.1 Å². The molecule has 0 spiro atoms. The molecule has 2 aromatic carbocycles. The zero-order valence-corrected chi connectivity index (χ0v) is 10.6. The lowest BCUT2D eigenvalue weighted by Crippen LogP contribution is -1.82. The summed E-state index contributed by atoms with van der Waals surface area (Å²) in [7, 11) is 3.34. The van der Waals surface area contributed by atoms with Crippen molar-refractivity contribution in [2.45, 2.75) is 0 Å². The van der Waals surface area contributed by atoms with Crippen LogP contribution in [0.2, 0.25) is 0 Å². The summed E-state index contributed by atoms with van der Waals surface area (Å²) in [5.41, 5.74) is 2.25. The Balaban J connectivity index is 2.13. The Hall–Kier alpha value is -2.22. The van der Waals surface area contributed by atoms with Crippen LogP contribution >= 0.6 is 0 Å². The zero-order chi connectivity index (χ0) is 12.8. The molecule has 2 nitrogen and oxygen atoms in total. The third kappa shape index (κ3) is 3.14. The highest BCUT2D eigenvalue weighted by molar-refractivity contribution is 5.70. The van der Waals surface area contributed by atoms with Crippen molar-refractivity contribution >= 4 is 12.2 Å². The minimum absolute atomic E-state index is 0.867. The van der Waals surface area contributed by atoms with Crippen LogP contribution in [0.3, 0.4) is 0 Å². The van der Waals surface area contributed by atoms with Gasteiger partial charge in [-0.05, 0) is 35.4 Å². The Bertz CT molecular complexity index is 527. The van der Waals surface area contributed by atoms with E-state index in [9.17, 15) is 0 Å². The van der Waals surface area contributed by atoms with Gasteiger partial charge in [-0.1, -0.05) is 36.4 Å². The van der Waals surface area contributed by atoms with Gasteiger partial charge in [0, 0.05) is 0 Å². The molecule has 0 unspecified atom stereocenters. The Morgan fingerprint density at radius 2 is 1.39 bits per heavy atom. The maximum atomic E-state index is 5.19. The van der Waals surface area contributed by atoms with Gasteiger partial charge in [0.2, 0.25) is 0 Å². The van der Waals surface area contributed by atoms with Gasteiger partial charge in [-0.25, -0.2) is 0 Å². The fourth-order valence-corrected chi connectivity index (χ4v) is 1.65. The first-order valence-corrected chi connectivity index (χ1v) is 5.78. The lowest BCUT2D eigenvalue weighted by Gasteiger charge is -2.01. The molecule has 0 saturated carbocycles. The molecule has 2 heteroatoms. The predicted molar refractivity (Wildman–Crippen MR) is 74.9 cm³/mol. The van der Waals surface area contributed by atoms with Gasteiger partial charge in [0.25, 0.3) is 0 Å². The van der Waals surface area contributed by atoms with E-state index in [4.69, 9.17) is 9.47 Å². The normalized spacial score (nSPS) is 10.6. The average Bonchev–Trinajstić information content (AvgIpc) is 2.46. The van der Waals surface area contributed by atoms with E-state index >= 15 is 0 Å². The fourth-order valence-electron chi connectivity index (χ4n) is 1.65. The third-order valence-corrected chi connectivity index (χ3v) is 2.68. The molecular weight excluding hydrogens is 224 g/mol. The van der Waals surface area contributed by atoms with E-state index in [0.717, 1.165) is 22.6 Å². The SMILES string of the molecule is COc1ccc(/C=C\c2cccc(OC)c2)cc1. The largest absolute Gasteiger partial charge is 0.497 e. The molecule has 2 aromatic rings. The quantitative estimate of drug-likeness (QED) is 0.755. The molecule has 0 N–H and O–H groups in total. The van der Waals surface area contributed by atoms with Crippen LogP contribution in [0.25, 0.3) is 12.2 Å². The number of rotatable bonds is 4. The average molecular weight is 240 g/mol. The standard InChI is InChI=1S/C16H16O2/c1-17-15-10-8-13(9-11-15)6-7-14-4-3-5-16(12-14)18-2/h3-12H,1-2H3/b7-6-. The van der Waals surface area contributed by atoms with Crippen LogP contribution in [0.4, 0.5) is 0 Å². The molecule has 0 aliphatic heterocycles.